The Morgan fingerprint density at radius 3 is 2.88 bits per heavy atom. The van der Waals surface area contributed by atoms with E-state index in [9.17, 15) is 4.39 Å². The highest BCUT2D eigenvalue weighted by atomic mass is 19.1. The third kappa shape index (κ3) is 2.88. The van der Waals surface area contributed by atoms with Gasteiger partial charge in [0.2, 0.25) is 0 Å². The number of aromatic amines is 1. The molecule has 5 nitrogen and oxygen atoms in total. The summed E-state index contributed by atoms with van der Waals surface area (Å²) in [6.45, 7) is 2.74. The lowest BCUT2D eigenvalue weighted by Crippen LogP contribution is -2.46. The molecule has 0 amide bonds. The number of nitrogens with one attached hydrogen (secondary N) is 1. The fourth-order valence-corrected chi connectivity index (χ4v) is 3.48. The second-order valence-electron chi connectivity index (χ2n) is 6.37. The van der Waals surface area contributed by atoms with Crippen LogP contribution in [0.5, 0.6) is 5.75 Å². The predicted molar refractivity (Wildman–Crippen MR) is 94.3 cm³/mol. The fraction of sp³-hybridized carbons (Fsp3) is 0.316. The Labute approximate surface area is 145 Å². The van der Waals surface area contributed by atoms with Crippen LogP contribution >= 0.6 is 0 Å². The number of fused-ring (bicyclic) bond motifs is 1. The van der Waals surface area contributed by atoms with Gasteiger partial charge in [-0.2, -0.15) is 0 Å². The summed E-state index contributed by atoms with van der Waals surface area (Å²) in [5.74, 6) is 0.743. The molecule has 0 spiro atoms. The minimum atomic E-state index is -0.296. The Kier molecular flexibility index (Phi) is 4.15. The number of aliphatic hydroxyl groups excluding tert-OH is 1. The number of aliphatic hydroxyl groups is 1. The lowest BCUT2D eigenvalue weighted by atomic mass is 9.95. The lowest BCUT2D eigenvalue weighted by Gasteiger charge is -2.38. The van der Waals surface area contributed by atoms with Gasteiger partial charge in [0.1, 0.15) is 17.2 Å². The maximum absolute atomic E-state index is 13.8. The molecular formula is C19H20FN3O2. The fourth-order valence-electron chi connectivity index (χ4n) is 3.48. The molecule has 1 aromatic carbocycles. The van der Waals surface area contributed by atoms with Crippen LogP contribution in [0.2, 0.25) is 0 Å². The lowest BCUT2D eigenvalue weighted by molar-refractivity contribution is 0.114. The summed E-state index contributed by atoms with van der Waals surface area (Å²) in [6.07, 6.45) is 1.72. The number of methoxy groups -OCH3 is 1. The number of halogens is 1. The van der Waals surface area contributed by atoms with Gasteiger partial charge >= 0.3 is 0 Å². The Bertz CT molecular complexity index is 903. The van der Waals surface area contributed by atoms with Crippen molar-refractivity contribution < 1.29 is 14.2 Å². The van der Waals surface area contributed by atoms with Gasteiger partial charge < -0.3 is 14.8 Å². The minimum absolute atomic E-state index is 0.185. The summed E-state index contributed by atoms with van der Waals surface area (Å²) in [6, 6.07) is 8.52. The van der Waals surface area contributed by atoms with E-state index in [1.54, 1.807) is 19.4 Å². The van der Waals surface area contributed by atoms with E-state index in [1.165, 1.54) is 12.1 Å². The molecule has 2 N–H and O–H groups in total. The zero-order valence-corrected chi connectivity index (χ0v) is 14.0. The van der Waals surface area contributed by atoms with Crippen molar-refractivity contribution in [2.75, 3.05) is 33.4 Å². The molecule has 1 aliphatic rings. The van der Waals surface area contributed by atoms with Crippen molar-refractivity contribution in [2.24, 2.45) is 0 Å². The van der Waals surface area contributed by atoms with E-state index in [4.69, 9.17) is 9.84 Å². The molecule has 1 aliphatic heterocycles. The number of nitrogens with zero attached hydrogens (tertiary/aromatic N) is 2. The molecule has 0 bridgehead atoms. The average molecular weight is 341 g/mol. The second kappa shape index (κ2) is 6.46. The number of aromatic nitrogens is 2. The quantitative estimate of drug-likeness (QED) is 0.749. The van der Waals surface area contributed by atoms with Gasteiger partial charge in [-0.1, -0.05) is 0 Å². The van der Waals surface area contributed by atoms with Crippen LogP contribution in [-0.4, -0.2) is 53.3 Å². The maximum Gasteiger partial charge on any atom is 0.138 e. The highest BCUT2D eigenvalue weighted by Crippen LogP contribution is 2.37. The number of ether oxygens (including phenoxy) is 1. The first-order valence-corrected chi connectivity index (χ1v) is 8.34. The summed E-state index contributed by atoms with van der Waals surface area (Å²) in [7, 11) is 1.59. The van der Waals surface area contributed by atoms with Crippen LogP contribution in [0.25, 0.3) is 22.2 Å². The molecule has 0 unspecified atom stereocenters. The molecule has 1 saturated heterocycles. The van der Waals surface area contributed by atoms with Crippen molar-refractivity contribution in [3.63, 3.8) is 0 Å². The molecule has 3 aromatic rings. The number of hydrogen-bond donors (Lipinski definition) is 2. The summed E-state index contributed by atoms with van der Waals surface area (Å²) in [5.41, 5.74) is 3.53. The van der Waals surface area contributed by atoms with Crippen LogP contribution in [0, 0.1) is 5.82 Å². The van der Waals surface area contributed by atoms with Crippen molar-refractivity contribution in [1.82, 2.24) is 14.9 Å². The van der Waals surface area contributed by atoms with Crippen LogP contribution in [0.1, 0.15) is 11.6 Å². The molecule has 0 aliphatic carbocycles. The van der Waals surface area contributed by atoms with E-state index in [-0.39, 0.29) is 12.4 Å². The number of H-pyrrole nitrogens is 1. The number of β-amino-alcohol motifs (C(OH)–C–C–N with tert-alkyl or cyclic N) is 1. The molecule has 6 heteroatoms. The largest absolute Gasteiger partial charge is 0.496 e. The summed E-state index contributed by atoms with van der Waals surface area (Å²) >= 11 is 0. The second-order valence-corrected chi connectivity index (χ2v) is 6.37. The van der Waals surface area contributed by atoms with Crippen LogP contribution in [0.15, 0.2) is 36.5 Å². The number of benzene rings is 1. The number of likely N-dealkylation sites (tertiary alicyclic amines) is 1. The molecule has 130 valence electrons. The van der Waals surface area contributed by atoms with E-state index in [0.717, 1.165) is 40.9 Å². The Balaban J connectivity index is 1.73. The Morgan fingerprint density at radius 2 is 2.12 bits per heavy atom. The molecule has 3 heterocycles. The van der Waals surface area contributed by atoms with Crippen molar-refractivity contribution in [1.29, 1.82) is 0 Å². The van der Waals surface area contributed by atoms with Crippen LogP contribution in [0.3, 0.4) is 0 Å². The first-order chi connectivity index (χ1) is 12.2. The molecule has 4 rings (SSSR count). The minimum Gasteiger partial charge on any atom is -0.496 e. The Morgan fingerprint density at radius 1 is 1.28 bits per heavy atom. The standard InChI is InChI=1S/C19H20FN3O2/c1-25-18-3-2-13(20)8-15(18)14-4-5-21-19-16(14)9-17(22-19)12-10-23(11-12)6-7-24/h2-5,8-9,12,24H,6-7,10-11H2,1H3,(H,21,22). The van der Waals surface area contributed by atoms with E-state index >= 15 is 0 Å². The van der Waals surface area contributed by atoms with Gasteiger partial charge in [0.15, 0.2) is 0 Å². The SMILES string of the molecule is COc1ccc(F)cc1-c1ccnc2[nH]c(C3CN(CCO)C3)cc12. The molecular weight excluding hydrogens is 321 g/mol. The maximum atomic E-state index is 13.8. The van der Waals surface area contributed by atoms with Gasteiger partial charge in [-0.05, 0) is 35.9 Å². The topological polar surface area (TPSA) is 61.4 Å². The highest BCUT2D eigenvalue weighted by molar-refractivity contribution is 5.95. The average Bonchev–Trinajstić information content (AvgIpc) is 3.01. The van der Waals surface area contributed by atoms with Gasteiger partial charge in [-0.3, -0.25) is 4.90 Å². The molecule has 0 radical (unpaired) electrons. The summed E-state index contributed by atoms with van der Waals surface area (Å²) < 4.78 is 19.2. The summed E-state index contributed by atoms with van der Waals surface area (Å²) in [5, 5.41) is 9.97. The monoisotopic (exact) mass is 341 g/mol. The van der Waals surface area contributed by atoms with E-state index < -0.39 is 0 Å². The summed E-state index contributed by atoms with van der Waals surface area (Å²) in [4.78, 5) is 10.0. The van der Waals surface area contributed by atoms with Gasteiger partial charge in [0.05, 0.1) is 13.7 Å². The van der Waals surface area contributed by atoms with Crippen LogP contribution in [0.4, 0.5) is 4.39 Å². The van der Waals surface area contributed by atoms with Crippen molar-refractivity contribution >= 4 is 11.0 Å². The third-order valence-electron chi connectivity index (χ3n) is 4.82. The highest BCUT2D eigenvalue weighted by Gasteiger charge is 2.29. The van der Waals surface area contributed by atoms with Crippen LogP contribution < -0.4 is 4.74 Å². The van der Waals surface area contributed by atoms with Crippen molar-refractivity contribution in [3.05, 3.63) is 48.0 Å². The molecule has 0 atom stereocenters. The molecule has 0 saturated carbocycles. The normalized spacial score (nSPS) is 15.5. The third-order valence-corrected chi connectivity index (χ3v) is 4.82. The predicted octanol–water partition coefficient (Wildman–Crippen LogP) is 2.77. The first kappa shape index (κ1) is 16.1. The van der Waals surface area contributed by atoms with Crippen molar-refractivity contribution in [2.45, 2.75) is 5.92 Å². The van der Waals surface area contributed by atoms with E-state index in [0.29, 0.717) is 18.2 Å². The zero-order valence-electron chi connectivity index (χ0n) is 14.0. The van der Waals surface area contributed by atoms with E-state index in [1.807, 2.05) is 6.07 Å². The van der Waals surface area contributed by atoms with Gasteiger partial charge in [0.25, 0.3) is 0 Å². The van der Waals surface area contributed by atoms with Crippen molar-refractivity contribution in [3.8, 4) is 16.9 Å². The number of pyridine rings is 1. The van der Waals surface area contributed by atoms with Gasteiger partial charge in [0, 0.05) is 48.4 Å². The smallest absolute Gasteiger partial charge is 0.138 e. The van der Waals surface area contributed by atoms with E-state index in [2.05, 4.69) is 20.9 Å². The molecule has 25 heavy (non-hydrogen) atoms. The van der Waals surface area contributed by atoms with Crippen LogP contribution in [-0.2, 0) is 0 Å². The number of hydrogen-bond acceptors (Lipinski definition) is 4. The van der Waals surface area contributed by atoms with Gasteiger partial charge in [-0.15, -0.1) is 0 Å². The molecule has 2 aromatic heterocycles. The Hall–Kier alpha value is -2.44. The zero-order chi connectivity index (χ0) is 17.4. The first-order valence-electron chi connectivity index (χ1n) is 8.34. The number of rotatable bonds is 5. The molecule has 1 fully saturated rings. The van der Waals surface area contributed by atoms with Gasteiger partial charge in [-0.25, -0.2) is 9.37 Å².